The Labute approximate surface area is 247 Å². The number of nitrogens with zero attached hydrogens (tertiary/aromatic N) is 4. The summed E-state index contributed by atoms with van der Waals surface area (Å²) in [6.07, 6.45) is 14.2. The van der Waals surface area contributed by atoms with Gasteiger partial charge in [0.05, 0.1) is 0 Å². The van der Waals surface area contributed by atoms with Crippen molar-refractivity contribution in [2.45, 2.75) is 107 Å². The monoisotopic (exact) mass is 579 g/mol. The Morgan fingerprint density at radius 2 is 1.77 bits per heavy atom. The molecule has 0 atom stereocenters. The van der Waals surface area contributed by atoms with Crippen molar-refractivity contribution in [3.8, 4) is 0 Å². The van der Waals surface area contributed by atoms with E-state index in [9.17, 15) is 4.79 Å². The van der Waals surface area contributed by atoms with Gasteiger partial charge in [0.25, 0.3) is 5.56 Å². The summed E-state index contributed by atoms with van der Waals surface area (Å²) in [6.45, 7) is 9.34. The fraction of sp³-hybridized carbons (Fsp3) is 0.594. The van der Waals surface area contributed by atoms with Gasteiger partial charge >= 0.3 is 0 Å². The molecule has 1 N–H and O–H groups in total. The summed E-state index contributed by atoms with van der Waals surface area (Å²) in [5.41, 5.74) is 3.27. The molecule has 0 unspecified atom stereocenters. The Kier molecular flexibility index (Phi) is 8.17. The van der Waals surface area contributed by atoms with Crippen molar-refractivity contribution in [2.75, 3.05) is 18.4 Å². The molecule has 0 amide bonds. The van der Waals surface area contributed by atoms with Crippen LogP contribution in [0.3, 0.4) is 0 Å². The lowest BCUT2D eigenvalue weighted by Gasteiger charge is -2.47. The van der Waals surface area contributed by atoms with E-state index in [1.165, 1.54) is 62.1 Å². The van der Waals surface area contributed by atoms with Gasteiger partial charge in [-0.1, -0.05) is 24.4 Å². The first-order valence-corrected chi connectivity index (χ1v) is 16.4. The predicted molar refractivity (Wildman–Crippen MR) is 167 cm³/mol. The molecule has 6 nitrogen and oxygen atoms in total. The number of halogens is 1. The highest BCUT2D eigenvalue weighted by Crippen LogP contribution is 2.48. The predicted octanol–water partition coefficient (Wildman–Crippen LogP) is 8.14. The molecule has 3 heterocycles. The smallest absolute Gasteiger partial charge is 0.271 e. The van der Waals surface area contributed by atoms with Crippen LogP contribution in [0.5, 0.6) is 0 Å². The molecule has 3 fully saturated rings. The standard InChI is InChI=1S/C32H42ClN5OS/c1-21(2)37-16-14-32(15-17-37)12-10-25(11-13-32)40-26-8-9-28(22(3)18-26)35-31-34-20-23-19-27(33)30(39)38(29(23)36-31)24-6-4-5-7-24/h8-9,18-21,24-25H,4-7,10-17H2,1-3H3,(H,34,35,36). The Hall–Kier alpha value is -2.09. The van der Waals surface area contributed by atoms with Gasteiger partial charge in [-0.25, -0.2) is 4.98 Å². The van der Waals surface area contributed by atoms with Gasteiger partial charge < -0.3 is 10.2 Å². The molecule has 6 rings (SSSR count). The zero-order chi connectivity index (χ0) is 27.9. The molecular weight excluding hydrogens is 538 g/mol. The molecule has 2 aromatic heterocycles. The van der Waals surface area contributed by atoms with E-state index in [1.54, 1.807) is 16.8 Å². The molecule has 1 saturated heterocycles. The van der Waals surface area contributed by atoms with Gasteiger partial charge in [-0.15, -0.1) is 11.8 Å². The van der Waals surface area contributed by atoms with Crippen molar-refractivity contribution in [2.24, 2.45) is 5.41 Å². The highest BCUT2D eigenvalue weighted by molar-refractivity contribution is 8.00. The summed E-state index contributed by atoms with van der Waals surface area (Å²) in [5.74, 6) is 0.505. The summed E-state index contributed by atoms with van der Waals surface area (Å²) in [5, 5.41) is 5.15. The number of nitrogens with one attached hydrogen (secondary N) is 1. The summed E-state index contributed by atoms with van der Waals surface area (Å²) in [4.78, 5) is 26.3. The third-order valence-corrected chi connectivity index (χ3v) is 11.4. The number of pyridine rings is 1. The molecule has 214 valence electrons. The number of hydrogen-bond acceptors (Lipinski definition) is 6. The lowest BCUT2D eigenvalue weighted by atomic mass is 9.68. The third kappa shape index (κ3) is 5.79. The first kappa shape index (κ1) is 28.0. The second kappa shape index (κ2) is 11.7. The van der Waals surface area contributed by atoms with Crippen LogP contribution in [-0.2, 0) is 0 Å². The van der Waals surface area contributed by atoms with Crippen molar-refractivity contribution in [3.05, 3.63) is 51.4 Å². The number of aryl methyl sites for hydroxylation is 1. The van der Waals surface area contributed by atoms with Crippen molar-refractivity contribution in [3.63, 3.8) is 0 Å². The number of benzene rings is 1. The first-order valence-electron chi connectivity index (χ1n) is 15.2. The van der Waals surface area contributed by atoms with Crippen LogP contribution in [-0.4, -0.2) is 43.8 Å². The highest BCUT2D eigenvalue weighted by Gasteiger charge is 2.38. The molecule has 40 heavy (non-hydrogen) atoms. The Balaban J connectivity index is 1.12. The fourth-order valence-corrected chi connectivity index (χ4v) is 8.60. The quantitative estimate of drug-likeness (QED) is 0.318. The van der Waals surface area contributed by atoms with E-state index in [-0.39, 0.29) is 16.6 Å². The maximum absolute atomic E-state index is 13.0. The van der Waals surface area contributed by atoms with Gasteiger partial charge in [-0.2, -0.15) is 4.98 Å². The van der Waals surface area contributed by atoms with E-state index in [0.717, 1.165) is 36.8 Å². The van der Waals surface area contributed by atoms with Gasteiger partial charge in [-0.05, 0) is 120 Å². The van der Waals surface area contributed by atoms with Gasteiger partial charge in [0, 0.05) is 39.5 Å². The van der Waals surface area contributed by atoms with Gasteiger partial charge in [0.15, 0.2) is 0 Å². The fourth-order valence-electron chi connectivity index (χ4n) is 7.15. The van der Waals surface area contributed by atoms with E-state index in [1.807, 2.05) is 11.8 Å². The van der Waals surface area contributed by atoms with Crippen molar-refractivity contribution in [1.82, 2.24) is 19.4 Å². The van der Waals surface area contributed by atoms with Gasteiger partial charge in [0.2, 0.25) is 5.95 Å². The number of likely N-dealkylation sites (tertiary alicyclic amines) is 1. The van der Waals surface area contributed by atoms with Crippen LogP contribution >= 0.6 is 23.4 Å². The van der Waals surface area contributed by atoms with Crippen LogP contribution in [0.4, 0.5) is 11.6 Å². The number of anilines is 2. The molecule has 8 heteroatoms. The summed E-state index contributed by atoms with van der Waals surface area (Å²) in [6, 6.07) is 9.17. The van der Waals surface area contributed by atoms with E-state index >= 15 is 0 Å². The lowest BCUT2D eigenvalue weighted by molar-refractivity contribution is 0.0542. The SMILES string of the molecule is Cc1cc(SC2CCC3(CC2)CCN(C(C)C)CC3)ccc1Nc1ncc2cc(Cl)c(=O)n(C3CCCC3)c2n1. The minimum Gasteiger partial charge on any atom is -0.324 e. The normalized spacial score (nSPS) is 20.6. The van der Waals surface area contributed by atoms with Crippen molar-refractivity contribution in [1.29, 1.82) is 0 Å². The van der Waals surface area contributed by atoms with Crippen LogP contribution in [0.1, 0.15) is 89.7 Å². The van der Waals surface area contributed by atoms with Crippen molar-refractivity contribution < 1.29 is 0 Å². The number of aromatic nitrogens is 3. The second-order valence-electron chi connectivity index (χ2n) is 12.6. The maximum atomic E-state index is 13.0. The summed E-state index contributed by atoms with van der Waals surface area (Å²) < 4.78 is 1.80. The second-order valence-corrected chi connectivity index (χ2v) is 14.4. The molecule has 1 spiro atoms. The molecule has 2 saturated carbocycles. The lowest BCUT2D eigenvalue weighted by Crippen LogP contribution is -2.44. The van der Waals surface area contributed by atoms with Crippen LogP contribution in [0.2, 0.25) is 5.02 Å². The minimum atomic E-state index is -0.155. The van der Waals surface area contributed by atoms with E-state index in [0.29, 0.717) is 28.3 Å². The molecule has 0 bridgehead atoms. The largest absolute Gasteiger partial charge is 0.324 e. The zero-order valence-corrected chi connectivity index (χ0v) is 25.7. The number of piperidine rings is 1. The Morgan fingerprint density at radius 3 is 2.45 bits per heavy atom. The number of thioether (sulfide) groups is 1. The summed E-state index contributed by atoms with van der Waals surface area (Å²) in [7, 11) is 0. The van der Waals surface area contributed by atoms with E-state index in [4.69, 9.17) is 16.6 Å². The number of fused-ring (bicyclic) bond motifs is 1. The van der Waals surface area contributed by atoms with Gasteiger partial charge in [-0.3, -0.25) is 9.36 Å². The van der Waals surface area contributed by atoms with Crippen LogP contribution in [0.25, 0.3) is 11.0 Å². The topological polar surface area (TPSA) is 63.1 Å². The first-order chi connectivity index (χ1) is 19.3. The molecular formula is C32H42ClN5OS. The van der Waals surface area contributed by atoms with Crippen LogP contribution in [0.15, 0.2) is 40.2 Å². The molecule has 1 aliphatic heterocycles. The molecule has 2 aliphatic carbocycles. The van der Waals surface area contributed by atoms with E-state index in [2.05, 4.69) is 54.2 Å². The van der Waals surface area contributed by atoms with Gasteiger partial charge in [0.1, 0.15) is 10.7 Å². The zero-order valence-electron chi connectivity index (χ0n) is 24.1. The van der Waals surface area contributed by atoms with Crippen LogP contribution in [0, 0.1) is 12.3 Å². The number of rotatable bonds is 6. The molecule has 0 radical (unpaired) electrons. The average Bonchev–Trinajstić information content (AvgIpc) is 3.47. The maximum Gasteiger partial charge on any atom is 0.271 e. The third-order valence-electron chi connectivity index (χ3n) is 9.75. The molecule has 1 aromatic carbocycles. The Morgan fingerprint density at radius 1 is 1.05 bits per heavy atom. The van der Waals surface area contributed by atoms with Crippen LogP contribution < -0.4 is 10.9 Å². The minimum absolute atomic E-state index is 0.150. The molecule has 3 aliphatic rings. The van der Waals surface area contributed by atoms with Crippen molar-refractivity contribution >= 4 is 46.0 Å². The number of hydrogen-bond donors (Lipinski definition) is 1. The Bertz CT molecular complexity index is 1410. The molecule has 3 aromatic rings. The summed E-state index contributed by atoms with van der Waals surface area (Å²) >= 11 is 8.34. The average molecular weight is 580 g/mol. The van der Waals surface area contributed by atoms with E-state index < -0.39 is 0 Å². The highest BCUT2D eigenvalue weighted by atomic mass is 35.5.